The molecule has 1 heterocycles. The Kier molecular flexibility index (Phi) is 3.38. The molecule has 0 radical (unpaired) electrons. The molecule has 18 heavy (non-hydrogen) atoms. The average molecular weight is 262 g/mol. The molecule has 0 bridgehead atoms. The van der Waals surface area contributed by atoms with Crippen LogP contribution in [0.3, 0.4) is 0 Å². The molecule has 92 valence electrons. The monoisotopic (exact) mass is 262 g/mol. The first-order valence-corrected chi connectivity index (χ1v) is 5.96. The van der Waals surface area contributed by atoms with E-state index in [1.807, 2.05) is 25.1 Å². The molecule has 0 fully saturated rings. The number of carbonyl (C=O) groups is 2. The second-order valence-electron chi connectivity index (χ2n) is 3.60. The largest absolute Gasteiger partial charge is 0.478 e. The van der Waals surface area contributed by atoms with Crippen molar-refractivity contribution in [2.75, 3.05) is 5.32 Å². The number of thiazole rings is 1. The van der Waals surface area contributed by atoms with Crippen molar-refractivity contribution >= 4 is 38.6 Å². The number of rotatable bonds is 3. The number of carboxylic acid groups (broad SMARTS) is 1. The van der Waals surface area contributed by atoms with Gasteiger partial charge in [-0.3, -0.25) is 10.1 Å². The summed E-state index contributed by atoms with van der Waals surface area (Å²) in [5.74, 6) is -1.67. The van der Waals surface area contributed by atoms with Gasteiger partial charge in [0.25, 0.3) is 0 Å². The minimum atomic E-state index is -1.16. The number of aryl methyl sites for hydroxylation is 1. The number of carbonyl (C=O) groups excluding carboxylic acids is 1. The number of nitrogens with one attached hydrogen (secondary N) is 1. The smallest absolute Gasteiger partial charge is 0.328 e. The fourth-order valence-electron chi connectivity index (χ4n) is 1.43. The summed E-state index contributed by atoms with van der Waals surface area (Å²) < 4.78 is 0.979. The fraction of sp³-hybridized carbons (Fsp3) is 0.0833. The number of amides is 1. The second-order valence-corrected chi connectivity index (χ2v) is 4.63. The molecular formula is C12H10N2O3S. The first-order valence-electron chi connectivity index (χ1n) is 5.14. The number of anilines is 1. The Labute approximate surface area is 107 Å². The number of aliphatic carboxylic acids is 1. The van der Waals surface area contributed by atoms with Crippen molar-refractivity contribution in [1.82, 2.24) is 4.98 Å². The lowest BCUT2D eigenvalue weighted by Crippen LogP contribution is -2.08. The summed E-state index contributed by atoms with van der Waals surface area (Å²) in [5, 5.41) is 11.4. The van der Waals surface area contributed by atoms with Crippen LogP contribution in [0.1, 0.15) is 5.56 Å². The van der Waals surface area contributed by atoms with E-state index >= 15 is 0 Å². The summed E-state index contributed by atoms with van der Waals surface area (Å²) >= 11 is 1.35. The van der Waals surface area contributed by atoms with Crippen LogP contribution >= 0.6 is 11.3 Å². The standard InChI is InChI=1S/C12H10N2O3S/c1-7-3-2-4-8-11(7)14-12(18-8)13-9(15)5-6-10(16)17/h2-6H,1H3,(H,16,17)(H,13,14,15)/b6-5-. The number of hydrogen-bond donors (Lipinski definition) is 2. The molecule has 2 N–H and O–H groups in total. The van der Waals surface area contributed by atoms with Gasteiger partial charge in [0.15, 0.2) is 5.13 Å². The number of para-hydroxylation sites is 1. The van der Waals surface area contributed by atoms with Crippen molar-refractivity contribution in [2.45, 2.75) is 6.92 Å². The lowest BCUT2D eigenvalue weighted by Gasteiger charge is -1.94. The predicted octanol–water partition coefficient (Wildman–Crippen LogP) is 2.18. The quantitative estimate of drug-likeness (QED) is 0.831. The van der Waals surface area contributed by atoms with Gasteiger partial charge < -0.3 is 5.11 Å². The van der Waals surface area contributed by atoms with Crippen LogP contribution < -0.4 is 5.32 Å². The third kappa shape index (κ3) is 2.72. The molecule has 1 amide bonds. The highest BCUT2D eigenvalue weighted by Gasteiger charge is 2.07. The molecule has 0 aliphatic heterocycles. The highest BCUT2D eigenvalue weighted by Crippen LogP contribution is 2.27. The molecule has 0 unspecified atom stereocenters. The van der Waals surface area contributed by atoms with Gasteiger partial charge in [0.1, 0.15) is 0 Å². The molecule has 0 spiro atoms. The van der Waals surface area contributed by atoms with Gasteiger partial charge in [0, 0.05) is 12.2 Å². The fourth-order valence-corrected chi connectivity index (χ4v) is 2.38. The Hall–Kier alpha value is -2.21. The maximum Gasteiger partial charge on any atom is 0.328 e. The minimum Gasteiger partial charge on any atom is -0.478 e. The Morgan fingerprint density at radius 2 is 2.17 bits per heavy atom. The van der Waals surface area contributed by atoms with E-state index < -0.39 is 11.9 Å². The van der Waals surface area contributed by atoms with Crippen molar-refractivity contribution in [3.63, 3.8) is 0 Å². The van der Waals surface area contributed by atoms with Crippen LogP contribution in [0, 0.1) is 6.92 Å². The third-order valence-electron chi connectivity index (χ3n) is 2.23. The zero-order valence-electron chi connectivity index (χ0n) is 9.51. The molecule has 6 heteroatoms. The first-order chi connectivity index (χ1) is 8.56. The molecule has 1 aromatic carbocycles. The SMILES string of the molecule is Cc1cccc2sc(NC(=O)/C=C\C(=O)O)nc12. The van der Waals surface area contributed by atoms with Gasteiger partial charge in [-0.25, -0.2) is 9.78 Å². The molecule has 2 aromatic rings. The maximum atomic E-state index is 11.4. The summed E-state index contributed by atoms with van der Waals surface area (Å²) in [6.45, 7) is 1.94. The third-order valence-corrected chi connectivity index (χ3v) is 3.16. The van der Waals surface area contributed by atoms with E-state index in [4.69, 9.17) is 5.11 Å². The summed E-state index contributed by atoms with van der Waals surface area (Å²) in [7, 11) is 0. The van der Waals surface area contributed by atoms with Crippen molar-refractivity contribution in [3.05, 3.63) is 35.9 Å². The number of aromatic nitrogens is 1. The van der Waals surface area contributed by atoms with Crippen LogP contribution in [0.5, 0.6) is 0 Å². The Morgan fingerprint density at radius 1 is 1.39 bits per heavy atom. The van der Waals surface area contributed by atoms with E-state index in [1.54, 1.807) is 0 Å². The van der Waals surface area contributed by atoms with Crippen molar-refractivity contribution in [3.8, 4) is 0 Å². The molecule has 0 saturated carbocycles. The van der Waals surface area contributed by atoms with Crippen LogP contribution in [-0.4, -0.2) is 22.0 Å². The summed E-state index contributed by atoms with van der Waals surface area (Å²) in [6, 6.07) is 5.78. The highest BCUT2D eigenvalue weighted by molar-refractivity contribution is 7.22. The first kappa shape index (κ1) is 12.3. The molecule has 0 aliphatic carbocycles. The van der Waals surface area contributed by atoms with Crippen molar-refractivity contribution < 1.29 is 14.7 Å². The molecule has 1 aromatic heterocycles. The van der Waals surface area contributed by atoms with Crippen LogP contribution in [-0.2, 0) is 9.59 Å². The summed E-state index contributed by atoms with van der Waals surface area (Å²) in [6.07, 6.45) is 1.75. The van der Waals surface area contributed by atoms with Gasteiger partial charge in [0.2, 0.25) is 5.91 Å². The normalized spacial score (nSPS) is 10.9. The van der Waals surface area contributed by atoms with Gasteiger partial charge in [-0.05, 0) is 18.6 Å². The molecule has 5 nitrogen and oxygen atoms in total. The predicted molar refractivity (Wildman–Crippen MR) is 69.8 cm³/mol. The number of hydrogen-bond acceptors (Lipinski definition) is 4. The lowest BCUT2D eigenvalue weighted by molar-refractivity contribution is -0.131. The minimum absolute atomic E-state index is 0.458. The van der Waals surface area contributed by atoms with E-state index in [-0.39, 0.29) is 0 Å². The second kappa shape index (κ2) is 4.97. The zero-order valence-corrected chi connectivity index (χ0v) is 10.3. The molecule has 0 aliphatic rings. The van der Waals surface area contributed by atoms with Gasteiger partial charge in [0.05, 0.1) is 10.2 Å². The van der Waals surface area contributed by atoms with Gasteiger partial charge in [-0.1, -0.05) is 23.5 Å². The Bertz CT molecular complexity index is 646. The van der Waals surface area contributed by atoms with Crippen LogP contribution in [0.15, 0.2) is 30.4 Å². The van der Waals surface area contributed by atoms with Gasteiger partial charge in [-0.2, -0.15) is 0 Å². The van der Waals surface area contributed by atoms with Crippen LogP contribution in [0.25, 0.3) is 10.2 Å². The van der Waals surface area contributed by atoms with Crippen molar-refractivity contribution in [1.29, 1.82) is 0 Å². The number of fused-ring (bicyclic) bond motifs is 1. The van der Waals surface area contributed by atoms with Crippen molar-refractivity contribution in [2.24, 2.45) is 0 Å². The van der Waals surface area contributed by atoms with E-state index in [2.05, 4.69) is 10.3 Å². The molecule has 0 atom stereocenters. The number of benzene rings is 1. The van der Waals surface area contributed by atoms with Gasteiger partial charge >= 0.3 is 5.97 Å². The molecular weight excluding hydrogens is 252 g/mol. The lowest BCUT2D eigenvalue weighted by atomic mass is 10.2. The molecule has 2 rings (SSSR count). The average Bonchev–Trinajstić information content (AvgIpc) is 2.70. The van der Waals surface area contributed by atoms with Crippen LogP contribution in [0.2, 0.25) is 0 Å². The van der Waals surface area contributed by atoms with E-state index in [9.17, 15) is 9.59 Å². The highest BCUT2D eigenvalue weighted by atomic mass is 32.1. The number of carboxylic acids is 1. The molecule has 0 saturated heterocycles. The topological polar surface area (TPSA) is 79.3 Å². The Morgan fingerprint density at radius 3 is 2.83 bits per heavy atom. The number of nitrogens with zero attached hydrogens (tertiary/aromatic N) is 1. The summed E-state index contributed by atoms with van der Waals surface area (Å²) in [4.78, 5) is 25.9. The van der Waals surface area contributed by atoms with Gasteiger partial charge in [-0.15, -0.1) is 0 Å². The van der Waals surface area contributed by atoms with E-state index in [0.29, 0.717) is 5.13 Å². The Balaban J connectivity index is 2.20. The maximum absolute atomic E-state index is 11.4. The van der Waals surface area contributed by atoms with E-state index in [0.717, 1.165) is 27.9 Å². The summed E-state index contributed by atoms with van der Waals surface area (Å²) in [5.41, 5.74) is 1.88. The zero-order chi connectivity index (χ0) is 13.1. The van der Waals surface area contributed by atoms with Crippen LogP contribution in [0.4, 0.5) is 5.13 Å². The van der Waals surface area contributed by atoms with E-state index in [1.165, 1.54) is 11.3 Å².